The minimum absolute atomic E-state index is 0.0911. The molecular weight excluding hydrogens is 242 g/mol. The van der Waals surface area contributed by atoms with Crippen LogP contribution in [0.25, 0.3) is 11.0 Å². The third kappa shape index (κ3) is 2.25. The molecule has 0 amide bonds. The molecule has 2 heterocycles. The lowest BCUT2D eigenvalue weighted by molar-refractivity contribution is 0.740. The van der Waals surface area contributed by atoms with Gasteiger partial charge in [-0.15, -0.1) is 6.58 Å². The Hall–Kier alpha value is -2.11. The molecule has 0 aliphatic rings. The zero-order chi connectivity index (χ0) is 14.0. The van der Waals surface area contributed by atoms with Gasteiger partial charge in [-0.1, -0.05) is 13.0 Å². The third-order valence-electron chi connectivity index (χ3n) is 2.96. The molecule has 6 heteroatoms. The smallest absolute Gasteiger partial charge is 0.281 e. The molecule has 1 N–H and O–H groups in total. The summed E-state index contributed by atoms with van der Waals surface area (Å²) in [5.74, 6) is 0.579. The van der Waals surface area contributed by atoms with E-state index >= 15 is 0 Å². The standard InChI is InChI=1S/C13H19N5O/c1-5-7-14-13-15-10-9(3)16-17(4)11(10)12(19)18(13)8-6-2/h6H,2,5,7-8H2,1,3-4H3,(H,14,15). The van der Waals surface area contributed by atoms with Gasteiger partial charge < -0.3 is 5.32 Å². The van der Waals surface area contributed by atoms with Crippen molar-refractivity contribution in [1.29, 1.82) is 0 Å². The molecule has 6 nitrogen and oxygen atoms in total. The fourth-order valence-corrected chi connectivity index (χ4v) is 2.08. The highest BCUT2D eigenvalue weighted by Crippen LogP contribution is 2.14. The molecule has 0 saturated heterocycles. The minimum atomic E-state index is -0.0911. The Morgan fingerprint density at radius 1 is 1.47 bits per heavy atom. The lowest BCUT2D eigenvalue weighted by Gasteiger charge is -2.12. The van der Waals surface area contributed by atoms with Crippen LogP contribution < -0.4 is 10.9 Å². The number of nitrogens with one attached hydrogen (secondary N) is 1. The number of anilines is 1. The normalized spacial score (nSPS) is 10.9. The minimum Gasteiger partial charge on any atom is -0.356 e. The predicted molar refractivity (Wildman–Crippen MR) is 76.5 cm³/mol. The van der Waals surface area contributed by atoms with Crippen molar-refractivity contribution in [3.63, 3.8) is 0 Å². The van der Waals surface area contributed by atoms with Gasteiger partial charge in [0.1, 0.15) is 5.52 Å². The van der Waals surface area contributed by atoms with Gasteiger partial charge in [0.05, 0.1) is 5.69 Å². The summed E-state index contributed by atoms with van der Waals surface area (Å²) >= 11 is 0. The summed E-state index contributed by atoms with van der Waals surface area (Å²) in [5, 5.41) is 7.45. The van der Waals surface area contributed by atoms with Crippen molar-refractivity contribution < 1.29 is 0 Å². The fourth-order valence-electron chi connectivity index (χ4n) is 2.08. The molecule has 0 radical (unpaired) electrons. The summed E-state index contributed by atoms with van der Waals surface area (Å²) in [7, 11) is 1.76. The van der Waals surface area contributed by atoms with Crippen LogP contribution in [0.15, 0.2) is 17.4 Å². The zero-order valence-corrected chi connectivity index (χ0v) is 11.6. The highest BCUT2D eigenvalue weighted by molar-refractivity contribution is 5.77. The molecule has 102 valence electrons. The number of fused-ring (bicyclic) bond motifs is 1. The number of hydrogen-bond acceptors (Lipinski definition) is 4. The number of aromatic nitrogens is 4. The van der Waals surface area contributed by atoms with Crippen molar-refractivity contribution in [3.05, 3.63) is 28.7 Å². The van der Waals surface area contributed by atoms with Crippen molar-refractivity contribution in [2.75, 3.05) is 11.9 Å². The lowest BCUT2D eigenvalue weighted by Crippen LogP contribution is -2.26. The number of rotatable bonds is 5. The molecule has 0 spiro atoms. The van der Waals surface area contributed by atoms with E-state index in [9.17, 15) is 4.79 Å². The molecule has 2 aromatic heterocycles. The molecule has 19 heavy (non-hydrogen) atoms. The van der Waals surface area contributed by atoms with Crippen molar-refractivity contribution >= 4 is 17.0 Å². The Morgan fingerprint density at radius 2 is 2.21 bits per heavy atom. The van der Waals surface area contributed by atoms with Crippen LogP contribution >= 0.6 is 0 Å². The Labute approximate surface area is 111 Å². The first-order valence-electron chi connectivity index (χ1n) is 6.39. The maximum Gasteiger partial charge on any atom is 0.281 e. The Kier molecular flexibility index (Phi) is 3.69. The predicted octanol–water partition coefficient (Wildman–Crippen LogP) is 1.45. The van der Waals surface area contributed by atoms with E-state index in [4.69, 9.17) is 0 Å². The van der Waals surface area contributed by atoms with Crippen molar-refractivity contribution in [3.8, 4) is 0 Å². The van der Waals surface area contributed by atoms with Gasteiger partial charge >= 0.3 is 0 Å². The van der Waals surface area contributed by atoms with Gasteiger partial charge in [-0.2, -0.15) is 5.10 Å². The molecule has 0 fully saturated rings. The summed E-state index contributed by atoms with van der Waals surface area (Å²) in [6.45, 7) is 8.81. The zero-order valence-electron chi connectivity index (χ0n) is 11.6. The number of nitrogens with zero attached hydrogens (tertiary/aromatic N) is 4. The summed E-state index contributed by atoms with van der Waals surface area (Å²) in [6, 6.07) is 0. The van der Waals surface area contributed by atoms with E-state index in [-0.39, 0.29) is 5.56 Å². The molecule has 0 bridgehead atoms. The Bertz CT molecular complexity index is 668. The average Bonchev–Trinajstić information content (AvgIpc) is 2.66. The van der Waals surface area contributed by atoms with E-state index in [0.29, 0.717) is 23.5 Å². The fraction of sp³-hybridized carbons (Fsp3) is 0.462. The van der Waals surface area contributed by atoms with E-state index in [1.807, 2.05) is 6.92 Å². The quantitative estimate of drug-likeness (QED) is 0.827. The van der Waals surface area contributed by atoms with Crippen LogP contribution in [0.3, 0.4) is 0 Å². The van der Waals surface area contributed by atoms with Gasteiger partial charge in [0.25, 0.3) is 5.56 Å². The van der Waals surface area contributed by atoms with Crippen LogP contribution in [0.2, 0.25) is 0 Å². The molecule has 2 rings (SSSR count). The van der Waals surface area contributed by atoms with E-state index in [1.165, 1.54) is 0 Å². The molecule has 0 aliphatic carbocycles. The first kappa shape index (κ1) is 13.3. The van der Waals surface area contributed by atoms with E-state index < -0.39 is 0 Å². The van der Waals surface area contributed by atoms with Crippen LogP contribution in [-0.4, -0.2) is 25.9 Å². The largest absolute Gasteiger partial charge is 0.356 e. The number of aryl methyl sites for hydroxylation is 2. The molecule has 0 unspecified atom stereocenters. The second-order valence-corrected chi connectivity index (χ2v) is 4.47. The van der Waals surface area contributed by atoms with Crippen molar-refractivity contribution in [2.24, 2.45) is 7.05 Å². The molecule has 0 aliphatic heterocycles. The van der Waals surface area contributed by atoms with Crippen molar-refractivity contribution in [2.45, 2.75) is 26.8 Å². The number of allylic oxidation sites excluding steroid dienone is 1. The van der Waals surface area contributed by atoms with E-state index in [0.717, 1.165) is 18.7 Å². The number of hydrogen-bond donors (Lipinski definition) is 1. The second-order valence-electron chi connectivity index (χ2n) is 4.47. The first-order chi connectivity index (χ1) is 9.10. The van der Waals surface area contributed by atoms with Crippen LogP contribution in [0.5, 0.6) is 0 Å². The summed E-state index contributed by atoms with van der Waals surface area (Å²) < 4.78 is 3.18. The van der Waals surface area contributed by atoms with Gasteiger partial charge in [0.2, 0.25) is 5.95 Å². The van der Waals surface area contributed by atoms with Gasteiger partial charge in [0, 0.05) is 20.1 Å². The summed E-state index contributed by atoms with van der Waals surface area (Å²) in [6.07, 6.45) is 2.66. The van der Waals surface area contributed by atoms with Crippen molar-refractivity contribution in [1.82, 2.24) is 19.3 Å². The summed E-state index contributed by atoms with van der Waals surface area (Å²) in [4.78, 5) is 17.0. The maximum atomic E-state index is 12.5. The monoisotopic (exact) mass is 261 g/mol. The highest BCUT2D eigenvalue weighted by atomic mass is 16.1. The molecule has 0 atom stereocenters. The van der Waals surface area contributed by atoms with Crippen LogP contribution in [-0.2, 0) is 13.6 Å². The van der Waals surface area contributed by atoms with Gasteiger partial charge in [0.15, 0.2) is 5.52 Å². The van der Waals surface area contributed by atoms with Gasteiger partial charge in [-0.05, 0) is 13.3 Å². The molecule has 0 aromatic carbocycles. The maximum absolute atomic E-state index is 12.5. The second kappa shape index (κ2) is 5.26. The molecule has 0 saturated carbocycles. The van der Waals surface area contributed by atoms with Crippen LogP contribution in [0.4, 0.5) is 5.95 Å². The average molecular weight is 261 g/mol. The van der Waals surface area contributed by atoms with E-state index in [1.54, 1.807) is 22.4 Å². The topological polar surface area (TPSA) is 64.7 Å². The highest BCUT2D eigenvalue weighted by Gasteiger charge is 2.15. The van der Waals surface area contributed by atoms with Gasteiger partial charge in [-0.25, -0.2) is 4.98 Å². The third-order valence-corrected chi connectivity index (χ3v) is 2.96. The molecule has 2 aromatic rings. The lowest BCUT2D eigenvalue weighted by atomic mass is 10.3. The SMILES string of the molecule is C=CCn1c(NCCC)nc2c(C)nn(C)c2c1=O. The first-order valence-corrected chi connectivity index (χ1v) is 6.39. The van der Waals surface area contributed by atoms with Gasteiger partial charge in [-0.3, -0.25) is 14.0 Å². The van der Waals surface area contributed by atoms with Crippen LogP contribution in [0.1, 0.15) is 19.0 Å². The van der Waals surface area contributed by atoms with Crippen LogP contribution in [0, 0.1) is 6.92 Å². The molecular formula is C13H19N5O. The Morgan fingerprint density at radius 3 is 2.84 bits per heavy atom. The Balaban J connectivity index is 2.71. The summed E-state index contributed by atoms with van der Waals surface area (Å²) in [5.41, 5.74) is 1.86. The van der Waals surface area contributed by atoms with E-state index in [2.05, 4.69) is 28.9 Å².